The zero-order valence-electron chi connectivity index (χ0n) is 25.3. The summed E-state index contributed by atoms with van der Waals surface area (Å²) in [5.41, 5.74) is 8.07. The van der Waals surface area contributed by atoms with Crippen LogP contribution in [0.2, 0.25) is 0 Å². The van der Waals surface area contributed by atoms with Crippen molar-refractivity contribution in [1.29, 1.82) is 0 Å². The van der Waals surface area contributed by atoms with Crippen molar-refractivity contribution in [2.75, 3.05) is 0 Å². The zero-order valence-corrected chi connectivity index (χ0v) is 23.3. The topological polar surface area (TPSA) is 13.1 Å². The number of para-hydroxylation sites is 1. The molecule has 0 aliphatic heterocycles. The first kappa shape index (κ1) is 22.0. The summed E-state index contributed by atoms with van der Waals surface area (Å²) in [4.78, 5) is 0. The molecule has 0 spiro atoms. The van der Waals surface area contributed by atoms with E-state index in [-0.39, 0.29) is 12.1 Å². The second kappa shape index (κ2) is 9.44. The molecular weight excluding hydrogens is 520 g/mol. The first-order valence-electron chi connectivity index (χ1n) is 15.6. The Hall–Kier alpha value is -5.66. The van der Waals surface area contributed by atoms with Crippen LogP contribution in [0.15, 0.2) is 162 Å². The van der Waals surface area contributed by atoms with Crippen LogP contribution in [0.3, 0.4) is 0 Å². The molecule has 0 atom stereocenters. The Morgan fingerprint density at radius 1 is 0.395 bits per heavy atom. The molecule has 0 radical (unpaired) electrons. The van der Waals surface area contributed by atoms with Gasteiger partial charge in [-0.2, -0.15) is 0 Å². The number of hydrogen-bond donors (Lipinski definition) is 0. The van der Waals surface area contributed by atoms with E-state index in [0.29, 0.717) is 5.58 Å². The molecule has 0 amide bonds. The highest BCUT2D eigenvalue weighted by molar-refractivity contribution is 6.26. The average molecular weight is 549 g/mol. The maximum absolute atomic E-state index is 8.87. The first-order valence-corrected chi connectivity index (χ1v) is 14.6. The Kier molecular flexibility index (Phi) is 4.83. The van der Waals surface area contributed by atoms with Crippen LogP contribution in [0.1, 0.15) is 2.74 Å². The van der Waals surface area contributed by atoms with Gasteiger partial charge in [-0.25, -0.2) is 0 Å². The van der Waals surface area contributed by atoms with E-state index in [1.54, 1.807) is 0 Å². The highest BCUT2D eigenvalue weighted by atomic mass is 16.3. The predicted octanol–water partition coefficient (Wildman–Crippen LogP) is 12.0. The lowest BCUT2D eigenvalue weighted by Crippen LogP contribution is -1.92. The van der Waals surface area contributed by atoms with Gasteiger partial charge in [0.25, 0.3) is 0 Å². The highest BCUT2D eigenvalue weighted by Gasteiger charge is 2.21. The molecule has 1 nitrogen and oxygen atoms in total. The molecule has 0 saturated heterocycles. The summed E-state index contributed by atoms with van der Waals surface area (Å²) >= 11 is 0. The molecule has 0 aliphatic carbocycles. The first-order chi connectivity index (χ1) is 22.2. The highest BCUT2D eigenvalue weighted by Crippen LogP contribution is 2.48. The van der Waals surface area contributed by atoms with E-state index >= 15 is 0 Å². The van der Waals surface area contributed by atoms with Crippen molar-refractivity contribution >= 4 is 54.3 Å². The molecule has 0 bridgehead atoms. The third-order valence-electron chi connectivity index (χ3n) is 8.70. The molecule has 200 valence electrons. The molecule has 1 heterocycles. The quantitative estimate of drug-likeness (QED) is 0.200. The Bertz CT molecular complexity index is 2560. The fourth-order valence-corrected chi connectivity index (χ4v) is 6.89. The standard InChI is InChI=1S/C42H26O/c1-2-13-27(14-3-1)29-16-6-7-18-31(29)39-32-19-8-10-21-34(32)40(35-22-11-9-20-33(35)39)36-23-12-24-37-41-30-17-5-4-15-28(30)25-26-38(41)43-42(36)37/h1-26H/i25D,26D. The predicted molar refractivity (Wildman–Crippen MR) is 183 cm³/mol. The fraction of sp³-hybridized carbons (Fsp3) is 0. The van der Waals surface area contributed by atoms with Crippen molar-refractivity contribution in [2.24, 2.45) is 0 Å². The van der Waals surface area contributed by atoms with Crippen LogP contribution in [0, 0.1) is 0 Å². The van der Waals surface area contributed by atoms with Crippen molar-refractivity contribution in [3.63, 3.8) is 0 Å². The molecule has 0 fully saturated rings. The summed E-state index contributed by atoms with van der Waals surface area (Å²) in [6.07, 6.45) is 0. The molecule has 0 N–H and O–H groups in total. The second-order valence-electron chi connectivity index (χ2n) is 11.0. The number of fused-ring (bicyclic) bond motifs is 7. The van der Waals surface area contributed by atoms with Crippen molar-refractivity contribution < 1.29 is 7.16 Å². The molecule has 1 heteroatoms. The SMILES string of the molecule is [2H]c1c([2H])c2oc3c(-c4c5ccccc5c(-c5ccccc5-c5ccccc5)c5ccccc45)cccc3c2c2ccccc12. The van der Waals surface area contributed by atoms with E-state index in [1.807, 2.05) is 24.3 Å². The van der Waals surface area contributed by atoms with Crippen LogP contribution in [-0.4, -0.2) is 0 Å². The number of benzene rings is 8. The Morgan fingerprint density at radius 2 is 0.907 bits per heavy atom. The van der Waals surface area contributed by atoms with Crippen molar-refractivity contribution in [2.45, 2.75) is 0 Å². The van der Waals surface area contributed by atoms with Crippen LogP contribution in [0.4, 0.5) is 0 Å². The van der Waals surface area contributed by atoms with Gasteiger partial charge in [0.2, 0.25) is 0 Å². The minimum Gasteiger partial charge on any atom is -0.455 e. The Labute approximate surface area is 252 Å². The third-order valence-corrected chi connectivity index (χ3v) is 8.70. The molecule has 0 aliphatic rings. The van der Waals surface area contributed by atoms with Gasteiger partial charge in [0.05, 0.1) is 2.74 Å². The van der Waals surface area contributed by atoms with E-state index in [2.05, 4.69) is 121 Å². The monoisotopic (exact) mass is 548 g/mol. The minimum atomic E-state index is 0.119. The van der Waals surface area contributed by atoms with Crippen molar-refractivity contribution in [3.8, 4) is 33.4 Å². The van der Waals surface area contributed by atoms with Crippen LogP contribution in [0.25, 0.3) is 87.6 Å². The lowest BCUT2D eigenvalue weighted by atomic mass is 9.83. The maximum atomic E-state index is 8.87. The van der Waals surface area contributed by atoms with Crippen molar-refractivity contribution in [1.82, 2.24) is 0 Å². The molecule has 0 unspecified atom stereocenters. The van der Waals surface area contributed by atoms with Gasteiger partial charge in [-0.15, -0.1) is 0 Å². The molecule has 9 aromatic rings. The zero-order chi connectivity index (χ0) is 30.1. The van der Waals surface area contributed by atoms with Gasteiger partial charge < -0.3 is 4.42 Å². The van der Waals surface area contributed by atoms with Crippen LogP contribution < -0.4 is 0 Å². The molecule has 9 rings (SSSR count). The number of furan rings is 1. The van der Waals surface area contributed by atoms with Crippen LogP contribution in [-0.2, 0) is 0 Å². The lowest BCUT2D eigenvalue weighted by Gasteiger charge is -2.19. The third kappa shape index (κ3) is 3.58. The van der Waals surface area contributed by atoms with E-state index in [1.165, 1.54) is 33.0 Å². The van der Waals surface area contributed by atoms with Crippen LogP contribution >= 0.6 is 0 Å². The Morgan fingerprint density at radius 3 is 1.60 bits per heavy atom. The largest absolute Gasteiger partial charge is 0.455 e. The summed E-state index contributed by atoms with van der Waals surface area (Å²) in [6, 6.07) is 51.0. The number of rotatable bonds is 3. The summed E-state index contributed by atoms with van der Waals surface area (Å²) in [5.74, 6) is 0. The van der Waals surface area contributed by atoms with Crippen molar-refractivity contribution in [3.05, 3.63) is 158 Å². The van der Waals surface area contributed by atoms with Gasteiger partial charge in [-0.05, 0) is 60.6 Å². The van der Waals surface area contributed by atoms with Gasteiger partial charge >= 0.3 is 0 Å². The summed E-state index contributed by atoms with van der Waals surface area (Å²) in [6.45, 7) is 0. The summed E-state index contributed by atoms with van der Waals surface area (Å²) < 4.78 is 24.2. The summed E-state index contributed by atoms with van der Waals surface area (Å²) in [7, 11) is 0. The van der Waals surface area contributed by atoms with E-state index in [4.69, 9.17) is 7.16 Å². The molecule has 8 aromatic carbocycles. The summed E-state index contributed by atoms with van der Waals surface area (Å²) in [5, 5.41) is 8.17. The van der Waals surface area contributed by atoms with E-state index in [0.717, 1.165) is 49.0 Å². The minimum absolute atomic E-state index is 0.119. The van der Waals surface area contributed by atoms with Gasteiger partial charge in [0.15, 0.2) is 0 Å². The molecule has 1 aromatic heterocycles. The second-order valence-corrected chi connectivity index (χ2v) is 11.0. The normalized spacial score (nSPS) is 12.4. The number of hydrogen-bond acceptors (Lipinski definition) is 1. The van der Waals surface area contributed by atoms with Crippen LogP contribution in [0.5, 0.6) is 0 Å². The smallest absolute Gasteiger partial charge is 0.143 e. The van der Waals surface area contributed by atoms with E-state index in [9.17, 15) is 0 Å². The Balaban J connectivity index is 1.43. The lowest BCUT2D eigenvalue weighted by molar-refractivity contribution is 0.670. The molecule has 43 heavy (non-hydrogen) atoms. The van der Waals surface area contributed by atoms with Gasteiger partial charge in [-0.1, -0.05) is 152 Å². The fourth-order valence-electron chi connectivity index (χ4n) is 6.89. The molecule has 0 saturated carbocycles. The van der Waals surface area contributed by atoms with Gasteiger partial charge in [-0.3, -0.25) is 0 Å². The molecular formula is C42H26O. The van der Waals surface area contributed by atoms with Gasteiger partial charge in [0.1, 0.15) is 11.2 Å². The van der Waals surface area contributed by atoms with E-state index < -0.39 is 0 Å². The maximum Gasteiger partial charge on any atom is 0.143 e. The van der Waals surface area contributed by atoms with Gasteiger partial charge in [0, 0.05) is 21.9 Å². The average Bonchev–Trinajstić information content (AvgIpc) is 3.50.